The maximum Gasteiger partial charge on any atom is 0.227 e. The van der Waals surface area contributed by atoms with Gasteiger partial charge in [-0.1, -0.05) is 17.7 Å². The van der Waals surface area contributed by atoms with Gasteiger partial charge in [0, 0.05) is 49.8 Å². The molecule has 0 unspecified atom stereocenters. The van der Waals surface area contributed by atoms with Gasteiger partial charge in [-0.2, -0.15) is 4.98 Å². The highest BCUT2D eigenvalue weighted by Crippen LogP contribution is 2.24. The molecule has 3 aromatic rings. The van der Waals surface area contributed by atoms with Gasteiger partial charge in [0.15, 0.2) is 0 Å². The van der Waals surface area contributed by atoms with Gasteiger partial charge in [-0.3, -0.25) is 0 Å². The summed E-state index contributed by atoms with van der Waals surface area (Å²) >= 11 is 5.86. The van der Waals surface area contributed by atoms with Crippen LogP contribution >= 0.6 is 11.6 Å². The number of rotatable bonds is 4. The van der Waals surface area contributed by atoms with Gasteiger partial charge in [-0.05, 0) is 37.3 Å². The molecule has 1 aliphatic rings. The molecular formula is C20H20ClFN6. The Hall–Kier alpha value is -2.93. The molecule has 1 aromatic carbocycles. The van der Waals surface area contributed by atoms with Gasteiger partial charge >= 0.3 is 0 Å². The van der Waals surface area contributed by atoms with E-state index in [4.69, 9.17) is 11.6 Å². The Kier molecular flexibility index (Phi) is 5.25. The minimum Gasteiger partial charge on any atom is -0.353 e. The molecule has 4 rings (SSSR count). The third-order valence-electron chi connectivity index (χ3n) is 4.57. The zero-order chi connectivity index (χ0) is 19.5. The number of pyridine rings is 1. The number of halogens is 2. The molecule has 1 N–H and O–H groups in total. The van der Waals surface area contributed by atoms with E-state index in [0.717, 1.165) is 37.7 Å². The zero-order valence-electron chi connectivity index (χ0n) is 15.4. The summed E-state index contributed by atoms with van der Waals surface area (Å²) in [6.45, 7) is 5.25. The van der Waals surface area contributed by atoms with Crippen LogP contribution in [0.4, 0.5) is 27.7 Å². The van der Waals surface area contributed by atoms with Gasteiger partial charge < -0.3 is 15.1 Å². The molecule has 0 amide bonds. The highest BCUT2D eigenvalue weighted by molar-refractivity contribution is 6.31. The van der Waals surface area contributed by atoms with Gasteiger partial charge in [-0.25, -0.2) is 14.4 Å². The largest absolute Gasteiger partial charge is 0.353 e. The predicted molar refractivity (Wildman–Crippen MR) is 110 cm³/mol. The van der Waals surface area contributed by atoms with E-state index in [0.29, 0.717) is 17.5 Å². The summed E-state index contributed by atoms with van der Waals surface area (Å²) in [6, 6.07) is 12.3. The van der Waals surface area contributed by atoms with Crippen LogP contribution in [0.1, 0.15) is 5.69 Å². The standard InChI is InChI=1S/C20H20ClFN6/c1-14-12-18(25-15-5-6-17(22)16(21)13-15)26-20(24-14)28-10-8-27(9-11-28)19-4-2-3-7-23-19/h2-7,12-13H,8-11H2,1H3,(H,24,25,26). The monoisotopic (exact) mass is 398 g/mol. The molecule has 0 bridgehead atoms. The van der Waals surface area contributed by atoms with Crippen molar-refractivity contribution < 1.29 is 4.39 Å². The summed E-state index contributed by atoms with van der Waals surface area (Å²) in [4.78, 5) is 18.1. The Balaban J connectivity index is 1.47. The lowest BCUT2D eigenvalue weighted by Crippen LogP contribution is -2.47. The Labute approximate surface area is 168 Å². The SMILES string of the molecule is Cc1cc(Nc2ccc(F)c(Cl)c2)nc(N2CCN(c3ccccn3)CC2)n1. The van der Waals surface area contributed by atoms with Crippen LogP contribution in [0.5, 0.6) is 0 Å². The maximum atomic E-state index is 13.4. The number of hydrogen-bond acceptors (Lipinski definition) is 6. The molecule has 6 nitrogen and oxygen atoms in total. The third kappa shape index (κ3) is 4.14. The topological polar surface area (TPSA) is 57.2 Å². The molecule has 1 saturated heterocycles. The van der Waals surface area contributed by atoms with E-state index < -0.39 is 5.82 Å². The Morgan fingerprint density at radius 1 is 1.00 bits per heavy atom. The van der Waals surface area contributed by atoms with Crippen molar-refractivity contribution in [2.45, 2.75) is 6.92 Å². The van der Waals surface area contributed by atoms with Crippen LogP contribution in [0.3, 0.4) is 0 Å². The van der Waals surface area contributed by atoms with Crippen molar-refractivity contribution in [3.63, 3.8) is 0 Å². The molecule has 0 saturated carbocycles. The van der Waals surface area contributed by atoms with E-state index >= 15 is 0 Å². The van der Waals surface area contributed by atoms with Crippen molar-refractivity contribution in [2.24, 2.45) is 0 Å². The first-order valence-corrected chi connectivity index (χ1v) is 9.45. The van der Waals surface area contributed by atoms with E-state index in [1.165, 1.54) is 6.07 Å². The van der Waals surface area contributed by atoms with Crippen LogP contribution in [0, 0.1) is 12.7 Å². The minimum atomic E-state index is -0.447. The van der Waals surface area contributed by atoms with Crippen LogP contribution in [-0.2, 0) is 0 Å². The molecule has 28 heavy (non-hydrogen) atoms. The van der Waals surface area contributed by atoms with Gasteiger partial charge in [0.1, 0.15) is 17.5 Å². The normalized spacial score (nSPS) is 14.2. The quantitative estimate of drug-likeness (QED) is 0.715. The second-order valence-corrected chi connectivity index (χ2v) is 7.02. The Morgan fingerprint density at radius 3 is 2.50 bits per heavy atom. The number of anilines is 4. The van der Waals surface area contributed by atoms with Crippen LogP contribution in [0.25, 0.3) is 0 Å². The lowest BCUT2D eigenvalue weighted by Gasteiger charge is -2.35. The fourth-order valence-electron chi connectivity index (χ4n) is 3.16. The van der Waals surface area contributed by atoms with Crippen LogP contribution in [0.2, 0.25) is 5.02 Å². The Bertz CT molecular complexity index is 960. The van der Waals surface area contributed by atoms with Crippen LogP contribution < -0.4 is 15.1 Å². The molecule has 1 fully saturated rings. The number of nitrogens with zero attached hydrogens (tertiary/aromatic N) is 5. The van der Waals surface area contributed by atoms with E-state index in [1.54, 1.807) is 12.1 Å². The lowest BCUT2D eigenvalue weighted by atomic mass is 10.3. The van der Waals surface area contributed by atoms with Gasteiger partial charge in [0.2, 0.25) is 5.95 Å². The molecule has 144 valence electrons. The van der Waals surface area contributed by atoms with Crippen LogP contribution in [-0.4, -0.2) is 41.1 Å². The average Bonchev–Trinajstić information content (AvgIpc) is 2.71. The van der Waals surface area contributed by atoms with E-state index in [2.05, 4.69) is 30.1 Å². The first-order valence-electron chi connectivity index (χ1n) is 9.07. The Morgan fingerprint density at radius 2 is 1.79 bits per heavy atom. The smallest absolute Gasteiger partial charge is 0.227 e. The van der Waals surface area contributed by atoms with E-state index in [9.17, 15) is 4.39 Å². The number of aromatic nitrogens is 3. The summed E-state index contributed by atoms with van der Waals surface area (Å²) < 4.78 is 13.4. The summed E-state index contributed by atoms with van der Waals surface area (Å²) in [7, 11) is 0. The second kappa shape index (κ2) is 7.98. The summed E-state index contributed by atoms with van der Waals surface area (Å²) in [5.74, 6) is 1.87. The van der Waals surface area contributed by atoms with Crippen molar-refractivity contribution in [2.75, 3.05) is 41.3 Å². The van der Waals surface area contributed by atoms with Gasteiger partial charge in [-0.15, -0.1) is 0 Å². The first-order chi connectivity index (χ1) is 13.6. The van der Waals surface area contributed by atoms with Gasteiger partial charge in [0.05, 0.1) is 5.02 Å². The average molecular weight is 399 g/mol. The van der Waals surface area contributed by atoms with Gasteiger partial charge in [0.25, 0.3) is 0 Å². The molecule has 0 aliphatic carbocycles. The fraction of sp³-hybridized carbons (Fsp3) is 0.250. The number of benzene rings is 1. The van der Waals surface area contributed by atoms with Crippen molar-refractivity contribution in [3.8, 4) is 0 Å². The minimum absolute atomic E-state index is 0.0710. The van der Waals surface area contributed by atoms with E-state index in [-0.39, 0.29) is 5.02 Å². The number of hydrogen-bond donors (Lipinski definition) is 1. The molecule has 0 atom stereocenters. The second-order valence-electron chi connectivity index (χ2n) is 6.61. The predicted octanol–water partition coefficient (Wildman–Crippen LogP) is 4.04. The third-order valence-corrected chi connectivity index (χ3v) is 4.86. The molecule has 0 spiro atoms. The molecule has 3 heterocycles. The molecule has 2 aromatic heterocycles. The first kappa shape index (κ1) is 18.4. The lowest BCUT2D eigenvalue weighted by molar-refractivity contribution is 0.628. The van der Waals surface area contributed by atoms with Crippen LogP contribution in [0.15, 0.2) is 48.7 Å². The van der Waals surface area contributed by atoms with Crippen molar-refractivity contribution >= 4 is 34.9 Å². The number of piperazine rings is 1. The van der Waals surface area contributed by atoms with E-state index in [1.807, 2.05) is 37.4 Å². The molecular weight excluding hydrogens is 379 g/mol. The molecule has 8 heteroatoms. The molecule has 1 aliphatic heterocycles. The maximum absolute atomic E-state index is 13.4. The summed E-state index contributed by atoms with van der Waals surface area (Å²) in [6.07, 6.45) is 1.81. The fourth-order valence-corrected chi connectivity index (χ4v) is 3.34. The highest BCUT2D eigenvalue weighted by atomic mass is 35.5. The molecule has 0 radical (unpaired) electrons. The number of aryl methyl sites for hydroxylation is 1. The summed E-state index contributed by atoms with van der Waals surface area (Å²) in [5, 5.41) is 3.25. The van der Waals surface area contributed by atoms with Crippen molar-refractivity contribution in [3.05, 3.63) is 65.2 Å². The summed E-state index contributed by atoms with van der Waals surface area (Å²) in [5.41, 5.74) is 1.53. The highest BCUT2D eigenvalue weighted by Gasteiger charge is 2.20. The van der Waals surface area contributed by atoms with Crippen molar-refractivity contribution in [1.82, 2.24) is 15.0 Å². The number of nitrogens with one attached hydrogen (secondary N) is 1. The zero-order valence-corrected chi connectivity index (χ0v) is 16.2. The van der Waals surface area contributed by atoms with Crippen molar-refractivity contribution in [1.29, 1.82) is 0 Å².